The van der Waals surface area contributed by atoms with E-state index in [1.807, 2.05) is 33.2 Å². The summed E-state index contributed by atoms with van der Waals surface area (Å²) in [4.78, 5) is 16.3. The SMILES string of the molecule is Cc1cc(C2CCCCN2Cc2ccncc2)nc(-c2c(C)noc2C)n1. The fraction of sp³-hybridized carbons (Fsp3) is 0.429. The Kier molecular flexibility index (Phi) is 4.99. The number of piperidine rings is 1. The van der Waals surface area contributed by atoms with Crippen molar-refractivity contribution in [2.45, 2.75) is 52.6 Å². The fourth-order valence-electron chi connectivity index (χ4n) is 3.92. The minimum atomic E-state index is 0.299. The van der Waals surface area contributed by atoms with Gasteiger partial charge in [-0.2, -0.15) is 0 Å². The summed E-state index contributed by atoms with van der Waals surface area (Å²) in [6.07, 6.45) is 7.28. The second-order valence-corrected chi connectivity index (χ2v) is 7.29. The smallest absolute Gasteiger partial charge is 0.165 e. The molecule has 27 heavy (non-hydrogen) atoms. The topological polar surface area (TPSA) is 67.9 Å². The van der Waals surface area contributed by atoms with E-state index in [2.05, 4.69) is 38.2 Å². The molecule has 140 valence electrons. The number of nitrogens with zero attached hydrogens (tertiary/aromatic N) is 5. The predicted molar refractivity (Wildman–Crippen MR) is 103 cm³/mol. The molecule has 1 aliphatic rings. The minimum absolute atomic E-state index is 0.299. The lowest BCUT2D eigenvalue weighted by molar-refractivity contribution is 0.137. The molecule has 0 saturated carbocycles. The van der Waals surface area contributed by atoms with Crippen molar-refractivity contribution in [3.05, 3.63) is 59.0 Å². The molecule has 4 rings (SSSR count). The highest BCUT2D eigenvalue weighted by molar-refractivity contribution is 5.60. The van der Waals surface area contributed by atoms with Crippen LogP contribution in [0.2, 0.25) is 0 Å². The van der Waals surface area contributed by atoms with Crippen LogP contribution < -0.4 is 0 Å². The van der Waals surface area contributed by atoms with Gasteiger partial charge in [-0.15, -0.1) is 0 Å². The second-order valence-electron chi connectivity index (χ2n) is 7.29. The highest BCUT2D eigenvalue weighted by Gasteiger charge is 2.26. The van der Waals surface area contributed by atoms with E-state index in [0.717, 1.165) is 53.7 Å². The first-order chi connectivity index (χ1) is 13.1. The molecule has 0 N–H and O–H groups in total. The van der Waals surface area contributed by atoms with Crippen LogP contribution in [0.25, 0.3) is 11.4 Å². The molecule has 0 amide bonds. The number of aryl methyl sites for hydroxylation is 3. The molecule has 0 bridgehead atoms. The molecule has 1 saturated heterocycles. The van der Waals surface area contributed by atoms with Crippen molar-refractivity contribution < 1.29 is 4.52 Å². The zero-order valence-electron chi connectivity index (χ0n) is 16.1. The minimum Gasteiger partial charge on any atom is -0.361 e. The van der Waals surface area contributed by atoms with Gasteiger partial charge < -0.3 is 4.52 Å². The summed E-state index contributed by atoms with van der Waals surface area (Å²) < 4.78 is 5.33. The largest absolute Gasteiger partial charge is 0.361 e. The van der Waals surface area contributed by atoms with E-state index in [1.165, 1.54) is 18.4 Å². The van der Waals surface area contributed by atoms with E-state index < -0.39 is 0 Å². The van der Waals surface area contributed by atoms with Crippen LogP contribution in [-0.2, 0) is 6.54 Å². The van der Waals surface area contributed by atoms with Crippen molar-refractivity contribution in [1.82, 2.24) is 25.0 Å². The Labute approximate surface area is 159 Å². The summed E-state index contributed by atoms with van der Waals surface area (Å²) in [6.45, 7) is 7.88. The molecule has 6 nitrogen and oxygen atoms in total. The van der Waals surface area contributed by atoms with Gasteiger partial charge in [-0.05, 0) is 63.9 Å². The maximum atomic E-state index is 5.33. The first-order valence-corrected chi connectivity index (χ1v) is 9.53. The summed E-state index contributed by atoms with van der Waals surface area (Å²) in [5.41, 5.74) is 5.10. The van der Waals surface area contributed by atoms with Crippen LogP contribution in [0, 0.1) is 20.8 Å². The fourth-order valence-corrected chi connectivity index (χ4v) is 3.92. The number of hydrogen-bond donors (Lipinski definition) is 0. The molecule has 3 aromatic heterocycles. The van der Waals surface area contributed by atoms with Crippen molar-refractivity contribution in [3.8, 4) is 11.4 Å². The van der Waals surface area contributed by atoms with E-state index in [0.29, 0.717) is 6.04 Å². The van der Waals surface area contributed by atoms with Crippen LogP contribution in [0.15, 0.2) is 35.1 Å². The molecule has 0 aromatic carbocycles. The maximum Gasteiger partial charge on any atom is 0.165 e. The van der Waals surface area contributed by atoms with Gasteiger partial charge >= 0.3 is 0 Å². The molecule has 1 aliphatic heterocycles. The lowest BCUT2D eigenvalue weighted by Crippen LogP contribution is -2.33. The van der Waals surface area contributed by atoms with Crippen molar-refractivity contribution in [2.75, 3.05) is 6.54 Å². The Hall–Kier alpha value is -2.60. The Bertz CT molecular complexity index is 902. The quantitative estimate of drug-likeness (QED) is 0.693. The Morgan fingerprint density at radius 2 is 1.93 bits per heavy atom. The van der Waals surface area contributed by atoms with Gasteiger partial charge in [-0.1, -0.05) is 11.6 Å². The van der Waals surface area contributed by atoms with E-state index in [9.17, 15) is 0 Å². The normalized spacial score (nSPS) is 18.0. The molecule has 3 aromatic rings. The summed E-state index contributed by atoms with van der Waals surface area (Å²) in [5.74, 6) is 1.48. The molecular weight excluding hydrogens is 338 g/mol. The number of aromatic nitrogens is 4. The summed E-state index contributed by atoms with van der Waals surface area (Å²) in [6, 6.07) is 6.60. The molecule has 1 atom stereocenters. The van der Waals surface area contributed by atoms with Gasteiger partial charge in [0.15, 0.2) is 5.82 Å². The van der Waals surface area contributed by atoms with Gasteiger partial charge in [0.25, 0.3) is 0 Å². The van der Waals surface area contributed by atoms with Crippen LogP contribution in [-0.4, -0.2) is 31.6 Å². The standard InChI is InChI=1S/C21H25N5O/c1-14-12-18(24-21(23-14)20-15(2)25-27-16(20)3)19-6-4-5-11-26(19)13-17-7-9-22-10-8-17/h7-10,12,19H,4-6,11,13H2,1-3H3. The average molecular weight is 363 g/mol. The molecule has 4 heterocycles. The molecule has 1 fully saturated rings. The third-order valence-corrected chi connectivity index (χ3v) is 5.22. The highest BCUT2D eigenvalue weighted by Crippen LogP contribution is 2.33. The molecule has 1 unspecified atom stereocenters. The summed E-state index contributed by atoms with van der Waals surface area (Å²) in [7, 11) is 0. The van der Waals surface area contributed by atoms with Gasteiger partial charge in [0.2, 0.25) is 0 Å². The predicted octanol–water partition coefficient (Wildman–Crippen LogP) is 4.18. The van der Waals surface area contributed by atoms with E-state index in [-0.39, 0.29) is 0 Å². The second kappa shape index (κ2) is 7.56. The number of hydrogen-bond acceptors (Lipinski definition) is 6. The molecule has 0 radical (unpaired) electrons. The maximum absolute atomic E-state index is 5.33. The van der Waals surface area contributed by atoms with E-state index in [4.69, 9.17) is 9.51 Å². The summed E-state index contributed by atoms with van der Waals surface area (Å²) in [5, 5.41) is 4.06. The van der Waals surface area contributed by atoms with Gasteiger partial charge in [-0.25, -0.2) is 9.97 Å². The van der Waals surface area contributed by atoms with Crippen LogP contribution in [0.1, 0.15) is 53.7 Å². The first kappa shape index (κ1) is 17.8. The zero-order valence-corrected chi connectivity index (χ0v) is 16.1. The van der Waals surface area contributed by atoms with Gasteiger partial charge in [0, 0.05) is 24.6 Å². The van der Waals surface area contributed by atoms with Crippen molar-refractivity contribution in [1.29, 1.82) is 0 Å². The average Bonchev–Trinajstić information content (AvgIpc) is 3.01. The Morgan fingerprint density at radius 3 is 2.67 bits per heavy atom. The lowest BCUT2D eigenvalue weighted by atomic mass is 9.97. The third-order valence-electron chi connectivity index (χ3n) is 5.22. The van der Waals surface area contributed by atoms with Gasteiger partial charge in [0.1, 0.15) is 5.76 Å². The van der Waals surface area contributed by atoms with Gasteiger partial charge in [-0.3, -0.25) is 9.88 Å². The summed E-state index contributed by atoms with van der Waals surface area (Å²) >= 11 is 0. The van der Waals surface area contributed by atoms with Crippen LogP contribution in [0.3, 0.4) is 0 Å². The molecular formula is C21H25N5O. The van der Waals surface area contributed by atoms with Crippen LogP contribution in [0.5, 0.6) is 0 Å². The molecule has 0 aliphatic carbocycles. The van der Waals surface area contributed by atoms with Crippen molar-refractivity contribution >= 4 is 0 Å². The molecule has 6 heteroatoms. The lowest BCUT2D eigenvalue weighted by Gasteiger charge is -2.35. The first-order valence-electron chi connectivity index (χ1n) is 9.53. The van der Waals surface area contributed by atoms with E-state index >= 15 is 0 Å². The monoisotopic (exact) mass is 363 g/mol. The number of likely N-dealkylation sites (tertiary alicyclic amines) is 1. The number of pyridine rings is 1. The Morgan fingerprint density at radius 1 is 1.11 bits per heavy atom. The molecule has 0 spiro atoms. The van der Waals surface area contributed by atoms with Crippen molar-refractivity contribution in [2.24, 2.45) is 0 Å². The number of rotatable bonds is 4. The third kappa shape index (κ3) is 3.76. The van der Waals surface area contributed by atoms with E-state index in [1.54, 1.807) is 0 Å². The zero-order chi connectivity index (χ0) is 18.8. The van der Waals surface area contributed by atoms with Crippen LogP contribution in [0.4, 0.5) is 0 Å². The van der Waals surface area contributed by atoms with Crippen molar-refractivity contribution in [3.63, 3.8) is 0 Å². The Balaban J connectivity index is 1.68. The van der Waals surface area contributed by atoms with Gasteiger partial charge in [0.05, 0.1) is 23.0 Å². The van der Waals surface area contributed by atoms with Crippen LogP contribution >= 0.6 is 0 Å². The highest BCUT2D eigenvalue weighted by atomic mass is 16.5.